The number of rotatable bonds is 2. The Morgan fingerprint density at radius 1 is 1.40 bits per heavy atom. The van der Waals surface area contributed by atoms with Crippen molar-refractivity contribution in [3.05, 3.63) is 36.0 Å². The lowest BCUT2D eigenvalue weighted by molar-refractivity contribution is -0.00149. The molecule has 20 heavy (non-hydrogen) atoms. The van der Waals surface area contributed by atoms with Crippen LogP contribution in [0.3, 0.4) is 0 Å². The number of benzene rings is 1. The monoisotopic (exact) mass is 272 g/mol. The molecule has 4 heteroatoms. The van der Waals surface area contributed by atoms with Crippen LogP contribution in [0.4, 0.5) is 0 Å². The summed E-state index contributed by atoms with van der Waals surface area (Å²) in [4.78, 5) is 17.8. The fraction of sp³-hybridized carbons (Fsp3) is 0.438. The molecule has 0 spiro atoms. The average molecular weight is 272 g/mol. The first-order valence-electron chi connectivity index (χ1n) is 7.09. The van der Waals surface area contributed by atoms with Crippen molar-refractivity contribution in [3.63, 3.8) is 0 Å². The molecular weight excluding hydrogens is 252 g/mol. The SMILES string of the molecule is COC1CN(C(=O)c2cccc3[nH]ccc23)CCC1C. The normalized spacial score (nSPS) is 23.2. The molecule has 1 fully saturated rings. The minimum atomic E-state index is 0.101. The molecule has 0 bridgehead atoms. The standard InChI is InChI=1S/C16H20N2O2/c1-11-7-9-18(10-15(11)20-2)16(19)13-4-3-5-14-12(13)6-8-17-14/h3-6,8,11,15,17H,7,9-10H2,1-2H3. The number of hydrogen-bond acceptors (Lipinski definition) is 2. The van der Waals surface area contributed by atoms with Gasteiger partial charge in [0.1, 0.15) is 0 Å². The van der Waals surface area contributed by atoms with E-state index in [9.17, 15) is 4.79 Å². The molecule has 1 aromatic heterocycles. The first-order chi connectivity index (χ1) is 9.70. The highest BCUT2D eigenvalue weighted by Crippen LogP contribution is 2.24. The Labute approximate surface area is 118 Å². The van der Waals surface area contributed by atoms with Gasteiger partial charge in [0.05, 0.1) is 6.10 Å². The Morgan fingerprint density at radius 2 is 2.25 bits per heavy atom. The molecule has 3 rings (SSSR count). The van der Waals surface area contributed by atoms with Gasteiger partial charge < -0.3 is 14.6 Å². The molecule has 1 saturated heterocycles. The van der Waals surface area contributed by atoms with E-state index in [4.69, 9.17) is 4.74 Å². The first kappa shape index (κ1) is 13.2. The van der Waals surface area contributed by atoms with E-state index in [0.717, 1.165) is 29.4 Å². The van der Waals surface area contributed by atoms with Gasteiger partial charge >= 0.3 is 0 Å². The minimum Gasteiger partial charge on any atom is -0.379 e. The number of carbonyl (C=O) groups excluding carboxylic acids is 1. The molecular formula is C16H20N2O2. The lowest BCUT2D eigenvalue weighted by Gasteiger charge is -2.36. The first-order valence-corrected chi connectivity index (χ1v) is 7.09. The van der Waals surface area contributed by atoms with Crippen molar-refractivity contribution in [1.82, 2.24) is 9.88 Å². The third-order valence-corrected chi connectivity index (χ3v) is 4.30. The van der Waals surface area contributed by atoms with E-state index in [2.05, 4.69) is 11.9 Å². The zero-order chi connectivity index (χ0) is 14.1. The fourth-order valence-electron chi connectivity index (χ4n) is 2.97. The second-order valence-electron chi connectivity index (χ2n) is 5.54. The quantitative estimate of drug-likeness (QED) is 0.913. The van der Waals surface area contributed by atoms with Crippen molar-refractivity contribution in [2.45, 2.75) is 19.4 Å². The van der Waals surface area contributed by atoms with Gasteiger partial charge in [-0.15, -0.1) is 0 Å². The summed E-state index contributed by atoms with van der Waals surface area (Å²) in [5.74, 6) is 0.608. The van der Waals surface area contributed by atoms with Crippen LogP contribution >= 0.6 is 0 Å². The lowest BCUT2D eigenvalue weighted by atomic mass is 9.95. The molecule has 1 aliphatic rings. The molecule has 0 radical (unpaired) electrons. The number of H-pyrrole nitrogens is 1. The summed E-state index contributed by atoms with van der Waals surface area (Å²) in [5, 5.41) is 0.991. The zero-order valence-electron chi connectivity index (χ0n) is 11.9. The summed E-state index contributed by atoms with van der Waals surface area (Å²) in [6.45, 7) is 3.67. The highest BCUT2D eigenvalue weighted by atomic mass is 16.5. The van der Waals surface area contributed by atoms with Gasteiger partial charge in [0.2, 0.25) is 0 Å². The average Bonchev–Trinajstić information content (AvgIpc) is 2.95. The van der Waals surface area contributed by atoms with Crippen molar-refractivity contribution in [2.24, 2.45) is 5.92 Å². The van der Waals surface area contributed by atoms with Crippen molar-refractivity contribution >= 4 is 16.8 Å². The van der Waals surface area contributed by atoms with Gasteiger partial charge in [-0.3, -0.25) is 4.79 Å². The van der Waals surface area contributed by atoms with Crippen LogP contribution in [0.2, 0.25) is 0 Å². The third kappa shape index (κ3) is 2.20. The number of hydrogen-bond donors (Lipinski definition) is 1. The Balaban J connectivity index is 1.87. The van der Waals surface area contributed by atoms with Crippen LogP contribution in [0.15, 0.2) is 30.5 Å². The van der Waals surface area contributed by atoms with Crippen molar-refractivity contribution in [1.29, 1.82) is 0 Å². The van der Waals surface area contributed by atoms with Crippen LogP contribution in [0.1, 0.15) is 23.7 Å². The van der Waals surface area contributed by atoms with Crippen molar-refractivity contribution in [2.75, 3.05) is 20.2 Å². The van der Waals surface area contributed by atoms with E-state index in [1.165, 1.54) is 0 Å². The summed E-state index contributed by atoms with van der Waals surface area (Å²) in [7, 11) is 1.72. The molecule has 106 valence electrons. The van der Waals surface area contributed by atoms with Crippen molar-refractivity contribution < 1.29 is 9.53 Å². The molecule has 2 unspecified atom stereocenters. The highest BCUT2D eigenvalue weighted by Gasteiger charge is 2.29. The number of aromatic amines is 1. The molecule has 1 aliphatic heterocycles. The number of fused-ring (bicyclic) bond motifs is 1. The maximum atomic E-state index is 12.7. The smallest absolute Gasteiger partial charge is 0.254 e. The van der Waals surface area contributed by atoms with Gasteiger partial charge in [-0.1, -0.05) is 13.0 Å². The number of likely N-dealkylation sites (tertiary alicyclic amines) is 1. The Kier molecular flexibility index (Phi) is 3.49. The van der Waals surface area contributed by atoms with Crippen LogP contribution in [0.5, 0.6) is 0 Å². The number of aromatic nitrogens is 1. The molecule has 2 atom stereocenters. The Bertz CT molecular complexity index is 620. The van der Waals surface area contributed by atoms with E-state index in [-0.39, 0.29) is 12.0 Å². The van der Waals surface area contributed by atoms with Crippen LogP contribution in [0, 0.1) is 5.92 Å². The second kappa shape index (κ2) is 5.29. The number of ether oxygens (including phenoxy) is 1. The largest absolute Gasteiger partial charge is 0.379 e. The predicted octanol–water partition coefficient (Wildman–Crippen LogP) is 2.66. The topological polar surface area (TPSA) is 45.3 Å². The predicted molar refractivity (Wildman–Crippen MR) is 78.8 cm³/mol. The van der Waals surface area contributed by atoms with Crippen molar-refractivity contribution in [3.8, 4) is 0 Å². The Morgan fingerprint density at radius 3 is 3.05 bits per heavy atom. The van der Waals surface area contributed by atoms with E-state index >= 15 is 0 Å². The van der Waals surface area contributed by atoms with Crippen LogP contribution in [-0.2, 0) is 4.74 Å². The molecule has 1 amide bonds. The van der Waals surface area contributed by atoms with Gasteiger partial charge in [-0.2, -0.15) is 0 Å². The number of nitrogens with zero attached hydrogens (tertiary/aromatic N) is 1. The van der Waals surface area contributed by atoms with Gasteiger partial charge in [0.25, 0.3) is 5.91 Å². The summed E-state index contributed by atoms with van der Waals surface area (Å²) in [6, 6.07) is 7.77. The maximum absolute atomic E-state index is 12.7. The van der Waals surface area contributed by atoms with E-state index in [1.54, 1.807) is 7.11 Å². The minimum absolute atomic E-state index is 0.101. The maximum Gasteiger partial charge on any atom is 0.254 e. The number of amides is 1. The number of methoxy groups -OCH3 is 1. The van der Waals surface area contributed by atoms with Gasteiger partial charge in [0, 0.05) is 42.9 Å². The third-order valence-electron chi connectivity index (χ3n) is 4.30. The fourth-order valence-corrected chi connectivity index (χ4v) is 2.97. The number of piperidine rings is 1. The second-order valence-corrected chi connectivity index (χ2v) is 5.54. The summed E-state index contributed by atoms with van der Waals surface area (Å²) < 4.78 is 5.49. The highest BCUT2D eigenvalue weighted by molar-refractivity contribution is 6.06. The Hall–Kier alpha value is -1.81. The molecule has 2 aromatic rings. The summed E-state index contributed by atoms with van der Waals surface area (Å²) in [6.07, 6.45) is 3.00. The van der Waals surface area contributed by atoms with E-state index in [1.807, 2.05) is 35.4 Å². The lowest BCUT2D eigenvalue weighted by Crippen LogP contribution is -2.46. The summed E-state index contributed by atoms with van der Waals surface area (Å²) in [5.41, 5.74) is 1.78. The zero-order valence-corrected chi connectivity index (χ0v) is 11.9. The van der Waals surface area contributed by atoms with Crippen LogP contribution in [-0.4, -0.2) is 42.1 Å². The molecule has 4 nitrogen and oxygen atoms in total. The molecule has 2 heterocycles. The van der Waals surface area contributed by atoms with E-state index < -0.39 is 0 Å². The number of nitrogens with one attached hydrogen (secondary N) is 1. The number of carbonyl (C=O) groups is 1. The molecule has 1 N–H and O–H groups in total. The van der Waals surface area contributed by atoms with Crippen LogP contribution in [0.25, 0.3) is 10.9 Å². The van der Waals surface area contributed by atoms with Gasteiger partial charge in [-0.05, 0) is 30.5 Å². The summed E-state index contributed by atoms with van der Waals surface area (Å²) >= 11 is 0. The molecule has 0 saturated carbocycles. The molecule has 1 aromatic carbocycles. The molecule has 0 aliphatic carbocycles. The van der Waals surface area contributed by atoms with E-state index in [0.29, 0.717) is 12.5 Å². The van der Waals surface area contributed by atoms with Gasteiger partial charge in [-0.25, -0.2) is 0 Å². The van der Waals surface area contributed by atoms with Gasteiger partial charge in [0.15, 0.2) is 0 Å². The van der Waals surface area contributed by atoms with Crippen LogP contribution < -0.4 is 0 Å².